The molecule has 0 bridgehead atoms. The van der Waals surface area contributed by atoms with Crippen LogP contribution in [-0.4, -0.2) is 17.0 Å². The van der Waals surface area contributed by atoms with Gasteiger partial charge in [-0.3, -0.25) is 4.99 Å². The van der Waals surface area contributed by atoms with E-state index >= 15 is 0 Å². The summed E-state index contributed by atoms with van der Waals surface area (Å²) in [5.74, 6) is 1.89. The van der Waals surface area contributed by atoms with E-state index < -0.39 is 0 Å². The Balaban J connectivity index is 1.80. The van der Waals surface area contributed by atoms with Gasteiger partial charge in [0.05, 0.1) is 21.8 Å². The van der Waals surface area contributed by atoms with Gasteiger partial charge in [-0.15, -0.1) is 0 Å². The second-order valence-corrected chi connectivity index (χ2v) is 7.97. The van der Waals surface area contributed by atoms with Crippen molar-refractivity contribution >= 4 is 61.7 Å². The molecule has 0 amide bonds. The van der Waals surface area contributed by atoms with Gasteiger partial charge in [-0.05, 0) is 30.9 Å². The van der Waals surface area contributed by atoms with Crippen LogP contribution < -0.4 is 5.32 Å². The molecule has 1 aliphatic heterocycles. The van der Waals surface area contributed by atoms with Crippen LogP contribution in [0.4, 0.5) is 5.69 Å². The van der Waals surface area contributed by atoms with Crippen LogP contribution >= 0.6 is 50.9 Å². The van der Waals surface area contributed by atoms with Crippen molar-refractivity contribution in [1.29, 1.82) is 0 Å². The Hall–Kier alpha value is 0.1000. The molecule has 0 aromatic heterocycles. The van der Waals surface area contributed by atoms with E-state index in [-0.39, 0.29) is 0 Å². The van der Waals surface area contributed by atoms with Gasteiger partial charge in [0, 0.05) is 10.2 Å². The third kappa shape index (κ3) is 3.29. The SMILES string of the molecule is Clc1cc(Br)cc(Cl)c1NC1=NC2CCCCC2CS1. The van der Waals surface area contributed by atoms with Crippen molar-refractivity contribution in [3.8, 4) is 0 Å². The van der Waals surface area contributed by atoms with E-state index in [0.29, 0.717) is 16.1 Å². The molecule has 2 atom stereocenters. The number of hydrogen-bond donors (Lipinski definition) is 1. The number of nitrogens with zero attached hydrogens (tertiary/aromatic N) is 1. The van der Waals surface area contributed by atoms with Crippen LogP contribution in [0, 0.1) is 5.92 Å². The lowest BCUT2D eigenvalue weighted by Gasteiger charge is -2.32. The molecule has 6 heteroatoms. The van der Waals surface area contributed by atoms with Crippen LogP contribution in [0.5, 0.6) is 0 Å². The summed E-state index contributed by atoms with van der Waals surface area (Å²) in [5.41, 5.74) is 0.747. The predicted molar refractivity (Wildman–Crippen MR) is 93.4 cm³/mol. The van der Waals surface area contributed by atoms with Gasteiger partial charge in [-0.1, -0.05) is 63.7 Å². The molecular weight excluding hydrogens is 379 g/mol. The summed E-state index contributed by atoms with van der Waals surface area (Å²) in [6, 6.07) is 4.15. The highest BCUT2D eigenvalue weighted by Gasteiger charge is 2.29. The van der Waals surface area contributed by atoms with E-state index in [4.69, 9.17) is 28.2 Å². The fourth-order valence-corrected chi connectivity index (χ4v) is 5.21. The maximum absolute atomic E-state index is 6.25. The first-order valence-corrected chi connectivity index (χ1v) is 9.29. The van der Waals surface area contributed by atoms with E-state index in [1.807, 2.05) is 12.1 Å². The largest absolute Gasteiger partial charge is 0.333 e. The van der Waals surface area contributed by atoms with E-state index in [0.717, 1.165) is 27.0 Å². The molecule has 2 aliphatic rings. The molecule has 0 spiro atoms. The molecule has 108 valence electrons. The summed E-state index contributed by atoms with van der Waals surface area (Å²) in [4.78, 5) is 4.84. The average Bonchev–Trinajstić information content (AvgIpc) is 2.42. The van der Waals surface area contributed by atoms with Crippen molar-refractivity contribution in [2.24, 2.45) is 10.9 Å². The average molecular weight is 394 g/mol. The highest BCUT2D eigenvalue weighted by molar-refractivity contribution is 9.10. The van der Waals surface area contributed by atoms with Crippen molar-refractivity contribution in [3.63, 3.8) is 0 Å². The van der Waals surface area contributed by atoms with Gasteiger partial charge in [0.25, 0.3) is 0 Å². The minimum Gasteiger partial charge on any atom is -0.333 e. The Morgan fingerprint density at radius 1 is 1.20 bits per heavy atom. The van der Waals surface area contributed by atoms with Crippen LogP contribution in [0.1, 0.15) is 25.7 Å². The van der Waals surface area contributed by atoms with Crippen molar-refractivity contribution in [3.05, 3.63) is 26.7 Å². The molecule has 1 N–H and O–H groups in total. The molecule has 1 fully saturated rings. The number of nitrogens with one attached hydrogen (secondary N) is 1. The minimum absolute atomic E-state index is 0.473. The normalized spacial score (nSPS) is 25.9. The highest BCUT2D eigenvalue weighted by atomic mass is 79.9. The van der Waals surface area contributed by atoms with Crippen LogP contribution in [0.2, 0.25) is 10.0 Å². The predicted octanol–water partition coefficient (Wildman–Crippen LogP) is 5.83. The highest BCUT2D eigenvalue weighted by Crippen LogP contribution is 2.37. The lowest BCUT2D eigenvalue weighted by atomic mass is 9.86. The zero-order valence-corrected chi connectivity index (χ0v) is 14.7. The van der Waals surface area contributed by atoms with Crippen molar-refractivity contribution in [2.75, 3.05) is 11.1 Å². The molecule has 3 rings (SSSR count). The molecule has 1 saturated carbocycles. The van der Waals surface area contributed by atoms with Gasteiger partial charge in [0.15, 0.2) is 5.17 Å². The van der Waals surface area contributed by atoms with Gasteiger partial charge in [-0.25, -0.2) is 0 Å². The molecular formula is C14H15BrCl2N2S. The topological polar surface area (TPSA) is 24.4 Å². The smallest absolute Gasteiger partial charge is 0.161 e. The quantitative estimate of drug-likeness (QED) is 0.648. The number of aliphatic imine (C=N–C) groups is 1. The first-order valence-electron chi connectivity index (χ1n) is 6.75. The number of benzene rings is 1. The molecule has 2 nitrogen and oxygen atoms in total. The van der Waals surface area contributed by atoms with E-state index in [1.54, 1.807) is 11.8 Å². The summed E-state index contributed by atoms with van der Waals surface area (Å²) in [6.07, 6.45) is 5.17. The number of anilines is 1. The Kier molecular flexibility index (Phi) is 4.86. The fourth-order valence-electron chi connectivity index (χ4n) is 2.76. The van der Waals surface area contributed by atoms with E-state index in [9.17, 15) is 0 Å². The lowest BCUT2D eigenvalue weighted by molar-refractivity contribution is 0.336. The number of halogens is 3. The Morgan fingerprint density at radius 2 is 1.90 bits per heavy atom. The van der Waals surface area contributed by atoms with E-state index in [2.05, 4.69) is 21.2 Å². The lowest BCUT2D eigenvalue weighted by Crippen LogP contribution is -2.31. The van der Waals surface area contributed by atoms with Crippen molar-refractivity contribution < 1.29 is 0 Å². The minimum atomic E-state index is 0.473. The van der Waals surface area contributed by atoms with Gasteiger partial charge >= 0.3 is 0 Å². The summed E-state index contributed by atoms with van der Waals surface area (Å²) in [6.45, 7) is 0. The number of amidine groups is 1. The Bertz CT molecular complexity index is 527. The van der Waals surface area contributed by atoms with Crippen LogP contribution in [-0.2, 0) is 0 Å². The molecule has 0 saturated heterocycles. The number of fused-ring (bicyclic) bond motifs is 1. The fraction of sp³-hybridized carbons (Fsp3) is 0.500. The second-order valence-electron chi connectivity index (χ2n) is 5.23. The molecule has 1 aromatic rings. The van der Waals surface area contributed by atoms with Gasteiger partial charge in [-0.2, -0.15) is 0 Å². The summed E-state index contributed by atoms with van der Waals surface area (Å²) in [7, 11) is 0. The standard InChI is InChI=1S/C14H15BrCl2N2S/c15-9-5-10(16)13(11(17)6-9)19-14-18-12-4-2-1-3-8(12)7-20-14/h5-6,8,12H,1-4,7H2,(H,18,19). The maximum atomic E-state index is 6.25. The zero-order valence-electron chi connectivity index (χ0n) is 10.8. The van der Waals surface area contributed by atoms with Crippen LogP contribution in [0.3, 0.4) is 0 Å². The van der Waals surface area contributed by atoms with Crippen LogP contribution in [0.15, 0.2) is 21.6 Å². The van der Waals surface area contributed by atoms with Crippen molar-refractivity contribution in [2.45, 2.75) is 31.7 Å². The summed E-state index contributed by atoms with van der Waals surface area (Å²) >= 11 is 17.7. The zero-order chi connectivity index (χ0) is 14.1. The Labute approximate surface area is 141 Å². The van der Waals surface area contributed by atoms with Crippen molar-refractivity contribution in [1.82, 2.24) is 0 Å². The number of hydrogen-bond acceptors (Lipinski definition) is 3. The van der Waals surface area contributed by atoms with Gasteiger partial charge < -0.3 is 5.32 Å². The molecule has 1 aliphatic carbocycles. The monoisotopic (exact) mass is 392 g/mol. The first-order chi connectivity index (χ1) is 9.63. The molecule has 1 heterocycles. The maximum Gasteiger partial charge on any atom is 0.161 e. The van der Waals surface area contributed by atoms with Gasteiger partial charge in [0.1, 0.15) is 0 Å². The first kappa shape index (κ1) is 15.0. The third-order valence-corrected chi connectivity index (χ3v) is 5.95. The van der Waals surface area contributed by atoms with Crippen LogP contribution in [0.25, 0.3) is 0 Å². The summed E-state index contributed by atoms with van der Waals surface area (Å²) < 4.78 is 0.878. The molecule has 20 heavy (non-hydrogen) atoms. The van der Waals surface area contributed by atoms with E-state index in [1.165, 1.54) is 25.7 Å². The number of thioether (sulfide) groups is 1. The second kappa shape index (κ2) is 6.47. The summed E-state index contributed by atoms with van der Waals surface area (Å²) in [5, 5.41) is 5.47. The number of rotatable bonds is 1. The Morgan fingerprint density at radius 3 is 2.65 bits per heavy atom. The van der Waals surface area contributed by atoms with Gasteiger partial charge in [0.2, 0.25) is 0 Å². The third-order valence-electron chi connectivity index (χ3n) is 3.82. The molecule has 0 radical (unpaired) electrons. The molecule has 1 aromatic carbocycles. The molecule has 2 unspecified atom stereocenters.